The van der Waals surface area contributed by atoms with Crippen LogP contribution in [-0.4, -0.2) is 73.4 Å². The van der Waals surface area contributed by atoms with Gasteiger partial charge in [-0.05, 0) is 38.2 Å². The second-order valence-corrected chi connectivity index (χ2v) is 11.7. The lowest BCUT2D eigenvalue weighted by Crippen LogP contribution is -2.49. The van der Waals surface area contributed by atoms with E-state index in [2.05, 4.69) is 44.4 Å². The van der Waals surface area contributed by atoms with Crippen LogP contribution in [0.15, 0.2) is 18.2 Å². The first-order valence-electron chi connectivity index (χ1n) is 11.8. The van der Waals surface area contributed by atoms with Crippen LogP contribution < -0.4 is 4.90 Å². The number of anilines is 1. The van der Waals surface area contributed by atoms with E-state index in [1.54, 1.807) is 31.0 Å². The summed E-state index contributed by atoms with van der Waals surface area (Å²) in [6, 6.07) is 5.85. The van der Waals surface area contributed by atoms with Crippen LogP contribution in [-0.2, 0) is 9.53 Å². The predicted molar refractivity (Wildman–Crippen MR) is 132 cm³/mol. The molecule has 2 aliphatic heterocycles. The Morgan fingerprint density at radius 1 is 1.19 bits per heavy atom. The van der Waals surface area contributed by atoms with E-state index in [0.29, 0.717) is 31.3 Å². The zero-order valence-electron chi connectivity index (χ0n) is 20.6. The molecule has 1 aromatic carbocycles. The van der Waals surface area contributed by atoms with Crippen LogP contribution >= 0.6 is 11.8 Å². The number of ether oxygens (including phenoxy) is 1. The molecule has 3 rings (SSSR count). The van der Waals surface area contributed by atoms with Crippen LogP contribution in [0.3, 0.4) is 0 Å². The van der Waals surface area contributed by atoms with Gasteiger partial charge in [-0.2, -0.15) is 0 Å². The Bertz CT molecular complexity index is 775. The molecule has 32 heavy (non-hydrogen) atoms. The number of carbonyl (C=O) groups is 1. The Kier molecular flexibility index (Phi) is 8.50. The normalized spacial score (nSPS) is 22.9. The molecule has 2 aliphatic rings. The van der Waals surface area contributed by atoms with Crippen molar-refractivity contribution < 1.29 is 13.9 Å². The molecule has 7 heteroatoms. The summed E-state index contributed by atoms with van der Waals surface area (Å²) in [5.74, 6) is -0.0363. The van der Waals surface area contributed by atoms with Crippen LogP contribution in [0, 0.1) is 11.2 Å². The molecule has 2 unspecified atom stereocenters. The number of hydrogen-bond donors (Lipinski definition) is 0. The van der Waals surface area contributed by atoms with Crippen LogP contribution in [0.25, 0.3) is 0 Å². The number of nitrogens with zero attached hydrogens (tertiary/aromatic N) is 3. The molecule has 1 amide bonds. The highest BCUT2D eigenvalue weighted by Gasteiger charge is 2.42. The van der Waals surface area contributed by atoms with Crippen molar-refractivity contribution in [3.05, 3.63) is 29.6 Å². The van der Waals surface area contributed by atoms with Crippen molar-refractivity contribution in [2.24, 2.45) is 5.41 Å². The Morgan fingerprint density at radius 2 is 1.88 bits per heavy atom. The van der Waals surface area contributed by atoms with Crippen LogP contribution in [0.2, 0.25) is 0 Å². The summed E-state index contributed by atoms with van der Waals surface area (Å²) in [5, 5.41) is -0.311. The maximum atomic E-state index is 15.3. The van der Waals surface area contributed by atoms with Gasteiger partial charge in [0.2, 0.25) is 5.91 Å². The summed E-state index contributed by atoms with van der Waals surface area (Å²) in [6.07, 6.45) is 1.59. The summed E-state index contributed by atoms with van der Waals surface area (Å²) in [4.78, 5) is 19.9. The first-order valence-corrected chi connectivity index (χ1v) is 12.8. The number of rotatable bonds is 8. The van der Waals surface area contributed by atoms with Crippen molar-refractivity contribution in [2.45, 2.75) is 64.1 Å². The summed E-state index contributed by atoms with van der Waals surface area (Å²) in [7, 11) is 1.67. The van der Waals surface area contributed by atoms with E-state index in [0.717, 1.165) is 38.2 Å². The maximum absolute atomic E-state index is 15.3. The number of halogens is 1. The smallest absolute Gasteiger partial charge is 0.237 e. The molecule has 180 valence electrons. The summed E-state index contributed by atoms with van der Waals surface area (Å²) in [6.45, 7) is 15.7. The zero-order chi connectivity index (χ0) is 23.5. The Morgan fingerprint density at radius 3 is 2.47 bits per heavy atom. The number of benzene rings is 1. The number of para-hydroxylation sites is 1. The SMILES string of the molecule is COCCC1SC(c2cccc(F)c2N2CCN(C(C)C)CC2)N(CCC(C)(C)C)C1=O. The highest BCUT2D eigenvalue weighted by Crippen LogP contribution is 2.48. The van der Waals surface area contributed by atoms with Crippen LogP contribution in [0.4, 0.5) is 10.1 Å². The number of amides is 1. The molecule has 0 saturated carbocycles. The monoisotopic (exact) mass is 465 g/mol. The third-order valence-corrected chi connectivity index (χ3v) is 8.00. The van der Waals surface area contributed by atoms with Gasteiger partial charge in [0.1, 0.15) is 11.2 Å². The van der Waals surface area contributed by atoms with Gasteiger partial charge in [0, 0.05) is 58.0 Å². The molecule has 0 radical (unpaired) electrons. The lowest BCUT2D eigenvalue weighted by molar-refractivity contribution is -0.130. The minimum atomic E-state index is -0.190. The van der Waals surface area contributed by atoms with E-state index in [1.807, 2.05) is 11.0 Å². The third-order valence-electron chi connectivity index (χ3n) is 6.47. The molecule has 0 bridgehead atoms. The van der Waals surface area contributed by atoms with Gasteiger partial charge in [0.15, 0.2) is 0 Å². The third kappa shape index (κ3) is 5.97. The first kappa shape index (κ1) is 25.3. The molecule has 2 saturated heterocycles. The largest absolute Gasteiger partial charge is 0.385 e. The van der Waals surface area contributed by atoms with Gasteiger partial charge < -0.3 is 14.5 Å². The second kappa shape index (κ2) is 10.7. The van der Waals surface area contributed by atoms with Gasteiger partial charge in [-0.1, -0.05) is 32.9 Å². The Hall–Kier alpha value is -1.31. The van der Waals surface area contributed by atoms with Crippen molar-refractivity contribution in [1.29, 1.82) is 0 Å². The Balaban J connectivity index is 1.89. The van der Waals surface area contributed by atoms with E-state index in [4.69, 9.17) is 4.74 Å². The van der Waals surface area contributed by atoms with E-state index < -0.39 is 0 Å². The first-order chi connectivity index (χ1) is 15.1. The lowest BCUT2D eigenvalue weighted by Gasteiger charge is -2.40. The number of hydrogen-bond acceptors (Lipinski definition) is 5. The molecule has 2 fully saturated rings. The average molecular weight is 466 g/mol. The fourth-order valence-corrected chi connectivity index (χ4v) is 5.94. The summed E-state index contributed by atoms with van der Waals surface area (Å²) >= 11 is 1.66. The highest BCUT2D eigenvalue weighted by molar-refractivity contribution is 8.01. The molecular formula is C25H40FN3O2S. The highest BCUT2D eigenvalue weighted by atomic mass is 32.2. The number of carbonyl (C=O) groups excluding carboxylic acids is 1. The molecule has 5 nitrogen and oxygen atoms in total. The molecule has 0 spiro atoms. The van der Waals surface area contributed by atoms with Crippen molar-refractivity contribution in [1.82, 2.24) is 9.80 Å². The number of piperazine rings is 1. The molecular weight excluding hydrogens is 425 g/mol. The topological polar surface area (TPSA) is 36.0 Å². The minimum absolute atomic E-state index is 0.123. The molecule has 0 aliphatic carbocycles. The van der Waals surface area contributed by atoms with Gasteiger partial charge >= 0.3 is 0 Å². The van der Waals surface area contributed by atoms with Gasteiger partial charge in [-0.25, -0.2) is 4.39 Å². The van der Waals surface area contributed by atoms with E-state index in [-0.39, 0.29) is 27.8 Å². The standard InChI is InChI=1S/C25H40FN3O2S/c1-18(2)27-13-15-28(16-14-27)22-19(8-7-9-20(22)26)24-29(12-11-25(3,4)5)23(30)21(32-24)10-17-31-6/h7-9,18,21,24H,10-17H2,1-6H3. The zero-order valence-corrected chi connectivity index (χ0v) is 21.4. The quantitative estimate of drug-likeness (QED) is 0.553. The van der Waals surface area contributed by atoms with Gasteiger partial charge in [0.25, 0.3) is 0 Å². The molecule has 1 aromatic rings. The van der Waals surface area contributed by atoms with Crippen LogP contribution in [0.5, 0.6) is 0 Å². The van der Waals surface area contributed by atoms with Crippen molar-refractivity contribution >= 4 is 23.4 Å². The van der Waals surface area contributed by atoms with Crippen LogP contribution in [0.1, 0.15) is 58.4 Å². The number of methoxy groups -OCH3 is 1. The summed E-state index contributed by atoms with van der Waals surface area (Å²) < 4.78 is 20.5. The second-order valence-electron chi connectivity index (χ2n) is 10.4. The number of thioether (sulfide) groups is 1. The van der Waals surface area contributed by atoms with E-state index in [9.17, 15) is 4.79 Å². The summed E-state index contributed by atoms with van der Waals surface area (Å²) in [5.41, 5.74) is 1.72. The van der Waals surface area contributed by atoms with Crippen molar-refractivity contribution in [3.63, 3.8) is 0 Å². The lowest BCUT2D eigenvalue weighted by atomic mass is 9.92. The van der Waals surface area contributed by atoms with Gasteiger partial charge in [-0.3, -0.25) is 9.69 Å². The molecule has 0 N–H and O–H groups in total. The molecule has 0 aromatic heterocycles. The maximum Gasteiger partial charge on any atom is 0.237 e. The predicted octanol–water partition coefficient (Wildman–Crippen LogP) is 4.77. The molecule has 2 heterocycles. The van der Waals surface area contributed by atoms with E-state index >= 15 is 4.39 Å². The fourth-order valence-electron chi connectivity index (χ4n) is 4.46. The van der Waals surface area contributed by atoms with Crippen molar-refractivity contribution in [2.75, 3.05) is 51.3 Å². The molecule has 2 atom stereocenters. The minimum Gasteiger partial charge on any atom is -0.385 e. The van der Waals surface area contributed by atoms with Gasteiger partial charge in [-0.15, -0.1) is 11.8 Å². The van der Waals surface area contributed by atoms with Crippen molar-refractivity contribution in [3.8, 4) is 0 Å². The van der Waals surface area contributed by atoms with E-state index in [1.165, 1.54) is 0 Å². The Labute approximate surface area is 197 Å². The average Bonchev–Trinajstić information content (AvgIpc) is 3.05. The van der Waals surface area contributed by atoms with Gasteiger partial charge in [0.05, 0.1) is 10.9 Å². The fraction of sp³-hybridized carbons (Fsp3) is 0.720.